The summed E-state index contributed by atoms with van der Waals surface area (Å²) in [4.78, 5) is 38.9. The molecule has 7 heteroatoms. The van der Waals surface area contributed by atoms with E-state index in [0.717, 1.165) is 16.0 Å². The van der Waals surface area contributed by atoms with Crippen molar-refractivity contribution >= 4 is 29.6 Å². The van der Waals surface area contributed by atoms with E-state index in [0.29, 0.717) is 22.7 Å². The van der Waals surface area contributed by atoms with Gasteiger partial charge in [0.05, 0.1) is 18.9 Å². The number of nitrogens with zero attached hydrogens (tertiary/aromatic N) is 1. The van der Waals surface area contributed by atoms with Crippen molar-refractivity contribution in [3.05, 3.63) is 58.7 Å². The monoisotopic (exact) mass is 408 g/mol. The molecule has 0 radical (unpaired) electrons. The summed E-state index contributed by atoms with van der Waals surface area (Å²) in [5.41, 5.74) is 2.58. The van der Waals surface area contributed by atoms with Crippen LogP contribution in [0.15, 0.2) is 42.0 Å². The fourth-order valence-corrected chi connectivity index (χ4v) is 3.15. The SMILES string of the molecule is COc1cc(/C=C2\C(=O)NC(=O)N(c3cccc(C)c3C)C2=O)ccc1OC(C)C. The molecule has 0 aromatic heterocycles. The van der Waals surface area contributed by atoms with Crippen LogP contribution in [0, 0.1) is 13.8 Å². The second-order valence-corrected chi connectivity index (χ2v) is 7.25. The van der Waals surface area contributed by atoms with E-state index in [1.165, 1.54) is 13.2 Å². The van der Waals surface area contributed by atoms with Crippen LogP contribution in [-0.2, 0) is 9.59 Å². The lowest BCUT2D eigenvalue weighted by atomic mass is 10.0. The molecule has 4 amide bonds. The van der Waals surface area contributed by atoms with Gasteiger partial charge in [0.2, 0.25) is 0 Å². The number of methoxy groups -OCH3 is 1. The molecule has 1 saturated heterocycles. The minimum absolute atomic E-state index is 0.0362. The molecule has 1 heterocycles. The van der Waals surface area contributed by atoms with Crippen molar-refractivity contribution in [3.8, 4) is 11.5 Å². The van der Waals surface area contributed by atoms with Crippen molar-refractivity contribution in [2.24, 2.45) is 0 Å². The van der Waals surface area contributed by atoms with Crippen molar-refractivity contribution < 1.29 is 23.9 Å². The number of urea groups is 1. The van der Waals surface area contributed by atoms with Crippen LogP contribution in [0.1, 0.15) is 30.5 Å². The van der Waals surface area contributed by atoms with E-state index in [-0.39, 0.29) is 11.7 Å². The molecule has 1 fully saturated rings. The predicted octanol–water partition coefficient (Wildman–Crippen LogP) is 3.77. The molecule has 7 nitrogen and oxygen atoms in total. The normalized spacial score (nSPS) is 15.6. The highest BCUT2D eigenvalue weighted by Gasteiger charge is 2.37. The van der Waals surface area contributed by atoms with E-state index in [9.17, 15) is 14.4 Å². The molecule has 3 rings (SSSR count). The number of ether oxygens (including phenoxy) is 2. The van der Waals surface area contributed by atoms with Crippen molar-refractivity contribution in [1.82, 2.24) is 5.32 Å². The van der Waals surface area contributed by atoms with Gasteiger partial charge in [-0.1, -0.05) is 18.2 Å². The number of hydrogen-bond donors (Lipinski definition) is 1. The number of amides is 4. The fraction of sp³-hybridized carbons (Fsp3) is 0.261. The summed E-state index contributed by atoms with van der Waals surface area (Å²) in [7, 11) is 1.51. The Kier molecular flexibility index (Phi) is 5.91. The molecule has 1 N–H and O–H groups in total. The second kappa shape index (κ2) is 8.41. The zero-order valence-corrected chi connectivity index (χ0v) is 17.6. The van der Waals surface area contributed by atoms with Crippen LogP contribution < -0.4 is 19.7 Å². The first kappa shape index (κ1) is 21.1. The standard InChI is InChI=1S/C23H24N2O5/c1-13(2)30-19-10-9-16(12-20(19)29-5)11-17-21(26)24-23(28)25(22(17)27)18-8-6-7-14(3)15(18)4/h6-13H,1-5H3,(H,24,26,28)/b17-11+. The highest BCUT2D eigenvalue weighted by Crippen LogP contribution is 2.31. The second-order valence-electron chi connectivity index (χ2n) is 7.25. The Morgan fingerprint density at radius 2 is 1.77 bits per heavy atom. The highest BCUT2D eigenvalue weighted by molar-refractivity contribution is 6.39. The summed E-state index contributed by atoms with van der Waals surface area (Å²) in [5.74, 6) is -0.391. The number of imide groups is 2. The third-order valence-corrected chi connectivity index (χ3v) is 4.78. The number of anilines is 1. The molecule has 30 heavy (non-hydrogen) atoms. The first-order valence-corrected chi connectivity index (χ1v) is 9.55. The first-order chi connectivity index (χ1) is 14.2. The third-order valence-electron chi connectivity index (χ3n) is 4.78. The highest BCUT2D eigenvalue weighted by atomic mass is 16.5. The van der Waals surface area contributed by atoms with Crippen molar-refractivity contribution in [3.63, 3.8) is 0 Å². The molecule has 0 unspecified atom stereocenters. The molecule has 1 aliphatic rings. The Morgan fingerprint density at radius 3 is 2.43 bits per heavy atom. The molecular weight excluding hydrogens is 384 g/mol. The summed E-state index contributed by atoms with van der Waals surface area (Å²) in [6.07, 6.45) is 1.40. The lowest BCUT2D eigenvalue weighted by Crippen LogP contribution is -2.54. The zero-order chi connectivity index (χ0) is 22.0. The number of rotatable bonds is 5. The molecule has 1 aliphatic heterocycles. The maximum atomic E-state index is 13.1. The van der Waals surface area contributed by atoms with Crippen molar-refractivity contribution in [1.29, 1.82) is 0 Å². The van der Waals surface area contributed by atoms with Crippen LogP contribution >= 0.6 is 0 Å². The van der Waals surface area contributed by atoms with Gasteiger partial charge in [-0.05, 0) is 68.7 Å². The van der Waals surface area contributed by atoms with Gasteiger partial charge >= 0.3 is 6.03 Å². The van der Waals surface area contributed by atoms with Gasteiger partial charge < -0.3 is 9.47 Å². The Balaban J connectivity index is 2.01. The summed E-state index contributed by atoms with van der Waals surface area (Å²) in [6, 6.07) is 9.65. The zero-order valence-electron chi connectivity index (χ0n) is 17.6. The number of hydrogen-bond acceptors (Lipinski definition) is 5. The minimum Gasteiger partial charge on any atom is -0.493 e. The Hall–Kier alpha value is -3.61. The minimum atomic E-state index is -0.769. The molecule has 0 bridgehead atoms. The smallest absolute Gasteiger partial charge is 0.335 e. The molecular formula is C23H24N2O5. The summed E-state index contributed by atoms with van der Waals surface area (Å²) < 4.78 is 11.1. The average molecular weight is 408 g/mol. The van der Waals surface area contributed by atoms with Gasteiger partial charge in [0.15, 0.2) is 11.5 Å². The van der Waals surface area contributed by atoms with Gasteiger partial charge in [0.1, 0.15) is 5.57 Å². The van der Waals surface area contributed by atoms with Gasteiger partial charge in [-0.3, -0.25) is 14.9 Å². The van der Waals surface area contributed by atoms with Crippen LogP contribution in [-0.4, -0.2) is 31.1 Å². The lowest BCUT2D eigenvalue weighted by molar-refractivity contribution is -0.122. The molecule has 2 aromatic carbocycles. The third kappa shape index (κ3) is 4.05. The molecule has 0 saturated carbocycles. The fourth-order valence-electron chi connectivity index (χ4n) is 3.15. The average Bonchev–Trinajstić information content (AvgIpc) is 2.68. The summed E-state index contributed by atoms with van der Waals surface area (Å²) >= 11 is 0. The molecule has 0 spiro atoms. The first-order valence-electron chi connectivity index (χ1n) is 9.55. The van der Waals surface area contributed by atoms with Gasteiger partial charge in [-0.2, -0.15) is 0 Å². The van der Waals surface area contributed by atoms with Gasteiger partial charge in [-0.25, -0.2) is 9.69 Å². The molecule has 156 valence electrons. The summed E-state index contributed by atoms with van der Waals surface area (Å²) in [5, 5.41) is 2.24. The Labute approximate surface area is 175 Å². The van der Waals surface area contributed by atoms with Gasteiger partial charge in [0.25, 0.3) is 11.8 Å². The molecule has 2 aromatic rings. The molecule has 0 atom stereocenters. The van der Waals surface area contributed by atoms with Crippen molar-refractivity contribution in [2.75, 3.05) is 12.0 Å². The van der Waals surface area contributed by atoms with Crippen LogP contribution in [0.25, 0.3) is 6.08 Å². The Morgan fingerprint density at radius 1 is 1.03 bits per heavy atom. The van der Waals surface area contributed by atoms with Crippen LogP contribution in [0.2, 0.25) is 0 Å². The maximum Gasteiger partial charge on any atom is 0.335 e. The predicted molar refractivity (Wildman–Crippen MR) is 114 cm³/mol. The number of benzene rings is 2. The quantitative estimate of drug-likeness (QED) is 0.601. The van der Waals surface area contributed by atoms with E-state index in [2.05, 4.69) is 5.32 Å². The largest absolute Gasteiger partial charge is 0.493 e. The molecule has 0 aliphatic carbocycles. The number of aryl methyl sites for hydroxylation is 1. The number of carbonyl (C=O) groups is 3. The van der Waals surface area contributed by atoms with E-state index in [1.807, 2.05) is 33.8 Å². The van der Waals surface area contributed by atoms with Gasteiger partial charge in [-0.15, -0.1) is 0 Å². The summed E-state index contributed by atoms with van der Waals surface area (Å²) in [6.45, 7) is 7.52. The maximum absolute atomic E-state index is 13.1. The van der Waals surface area contributed by atoms with Crippen LogP contribution in [0.5, 0.6) is 11.5 Å². The van der Waals surface area contributed by atoms with Crippen molar-refractivity contribution in [2.45, 2.75) is 33.8 Å². The number of barbiturate groups is 1. The topological polar surface area (TPSA) is 84.9 Å². The van der Waals surface area contributed by atoms with Crippen LogP contribution in [0.4, 0.5) is 10.5 Å². The van der Waals surface area contributed by atoms with Crippen LogP contribution in [0.3, 0.4) is 0 Å². The van der Waals surface area contributed by atoms with E-state index in [4.69, 9.17) is 9.47 Å². The van der Waals surface area contributed by atoms with E-state index >= 15 is 0 Å². The number of carbonyl (C=O) groups excluding carboxylic acids is 3. The van der Waals surface area contributed by atoms with Gasteiger partial charge in [0, 0.05) is 0 Å². The van der Waals surface area contributed by atoms with E-state index in [1.54, 1.807) is 30.3 Å². The number of nitrogens with one attached hydrogen (secondary N) is 1. The van der Waals surface area contributed by atoms with E-state index < -0.39 is 17.8 Å². The Bertz CT molecular complexity index is 1060. The lowest BCUT2D eigenvalue weighted by Gasteiger charge is -2.28.